The van der Waals surface area contributed by atoms with Gasteiger partial charge < -0.3 is 14.6 Å². The maximum Gasteiger partial charge on any atom is 0.255 e. The highest BCUT2D eigenvalue weighted by atomic mass is 16.5. The Morgan fingerprint density at radius 2 is 2.19 bits per heavy atom. The number of aromatic nitrogens is 3. The number of carbonyl (C=O) groups excluding carboxylic acids is 1. The molecular weight excluding hydrogens is 344 g/mol. The van der Waals surface area contributed by atoms with Crippen molar-refractivity contribution >= 4 is 16.8 Å². The van der Waals surface area contributed by atoms with Gasteiger partial charge in [0, 0.05) is 30.7 Å². The first-order valence-corrected chi connectivity index (χ1v) is 9.21. The molecule has 1 fully saturated rings. The summed E-state index contributed by atoms with van der Waals surface area (Å²) < 4.78 is 10.8. The molecule has 0 aliphatic carbocycles. The molecule has 0 saturated carbocycles. The lowest BCUT2D eigenvalue weighted by molar-refractivity contribution is 0.0835. The molecule has 2 aromatic heterocycles. The predicted octanol–water partition coefficient (Wildman–Crippen LogP) is 3.06. The van der Waals surface area contributed by atoms with Gasteiger partial charge in [-0.15, -0.1) is 0 Å². The first-order valence-electron chi connectivity index (χ1n) is 9.21. The second-order valence-electron chi connectivity index (χ2n) is 6.84. The monoisotopic (exact) mass is 366 g/mol. The van der Waals surface area contributed by atoms with Crippen molar-refractivity contribution < 1.29 is 14.1 Å². The first kappa shape index (κ1) is 17.6. The number of rotatable bonds is 5. The Labute approximate surface area is 157 Å². The summed E-state index contributed by atoms with van der Waals surface area (Å²) in [7, 11) is 0. The molecule has 27 heavy (non-hydrogen) atoms. The van der Waals surface area contributed by atoms with Gasteiger partial charge >= 0.3 is 0 Å². The molecule has 0 bridgehead atoms. The average Bonchev–Trinajstić information content (AvgIpc) is 3.33. The molecule has 0 unspecified atom stereocenters. The van der Waals surface area contributed by atoms with Crippen molar-refractivity contribution in [3.8, 4) is 0 Å². The Morgan fingerprint density at radius 1 is 1.30 bits per heavy atom. The second-order valence-corrected chi connectivity index (χ2v) is 6.84. The Morgan fingerprint density at radius 3 is 3.00 bits per heavy atom. The van der Waals surface area contributed by atoms with Gasteiger partial charge in [0.05, 0.1) is 11.1 Å². The van der Waals surface area contributed by atoms with Crippen LogP contribution in [0, 0.1) is 13.8 Å². The van der Waals surface area contributed by atoms with Crippen molar-refractivity contribution in [3.05, 3.63) is 52.8 Å². The lowest BCUT2D eigenvalue weighted by Gasteiger charge is -2.10. The van der Waals surface area contributed by atoms with Crippen LogP contribution in [0.1, 0.15) is 52.3 Å². The summed E-state index contributed by atoms with van der Waals surface area (Å²) in [5, 5.41) is 7.78. The fourth-order valence-electron chi connectivity index (χ4n) is 3.36. The quantitative estimate of drug-likeness (QED) is 0.746. The number of aryl methyl sites for hydroxylation is 2. The highest BCUT2D eigenvalue weighted by Crippen LogP contribution is 2.27. The smallest absolute Gasteiger partial charge is 0.255 e. The Bertz CT molecular complexity index is 977. The number of hydrogen-bond acceptors (Lipinski definition) is 6. The van der Waals surface area contributed by atoms with Crippen molar-refractivity contribution in [1.29, 1.82) is 0 Å². The molecule has 1 aromatic carbocycles. The average molecular weight is 366 g/mol. The third kappa shape index (κ3) is 3.68. The van der Waals surface area contributed by atoms with Crippen LogP contribution < -0.4 is 5.32 Å². The van der Waals surface area contributed by atoms with Crippen molar-refractivity contribution in [3.63, 3.8) is 0 Å². The van der Waals surface area contributed by atoms with Crippen LogP contribution in [0.4, 0.5) is 0 Å². The number of hydrogen-bond donors (Lipinski definition) is 1. The van der Waals surface area contributed by atoms with Crippen LogP contribution in [0.2, 0.25) is 0 Å². The molecule has 7 nitrogen and oxygen atoms in total. The number of para-hydroxylation sites is 1. The van der Waals surface area contributed by atoms with Crippen molar-refractivity contribution in [2.45, 2.75) is 39.2 Å². The molecule has 1 atom stereocenters. The molecule has 1 aliphatic rings. The van der Waals surface area contributed by atoms with E-state index in [0.29, 0.717) is 30.2 Å². The van der Waals surface area contributed by atoms with Gasteiger partial charge in [-0.3, -0.25) is 9.78 Å². The third-order valence-electron chi connectivity index (χ3n) is 4.74. The van der Waals surface area contributed by atoms with Crippen LogP contribution in [0.3, 0.4) is 0 Å². The Kier molecular flexibility index (Phi) is 4.85. The highest BCUT2D eigenvalue weighted by Gasteiger charge is 2.23. The highest BCUT2D eigenvalue weighted by molar-refractivity contribution is 6.06. The third-order valence-corrected chi connectivity index (χ3v) is 4.74. The molecule has 3 heterocycles. The fraction of sp³-hybridized carbons (Fsp3) is 0.400. The number of fused-ring (bicyclic) bond motifs is 1. The van der Waals surface area contributed by atoms with Gasteiger partial charge in [-0.25, -0.2) is 0 Å². The molecule has 4 rings (SSSR count). The number of pyridine rings is 1. The molecule has 1 aliphatic heterocycles. The first-order chi connectivity index (χ1) is 13.1. The molecule has 0 radical (unpaired) electrons. The summed E-state index contributed by atoms with van der Waals surface area (Å²) in [5.74, 6) is 0.978. The van der Waals surface area contributed by atoms with E-state index in [1.165, 1.54) is 0 Å². The van der Waals surface area contributed by atoms with Crippen molar-refractivity contribution in [2.24, 2.45) is 0 Å². The lowest BCUT2D eigenvalue weighted by Crippen LogP contribution is -2.26. The number of nitrogens with zero attached hydrogens (tertiary/aromatic N) is 3. The zero-order chi connectivity index (χ0) is 18.8. The van der Waals surface area contributed by atoms with Crippen LogP contribution in [-0.2, 0) is 11.2 Å². The van der Waals surface area contributed by atoms with E-state index in [-0.39, 0.29) is 12.0 Å². The maximum absolute atomic E-state index is 12.7. The standard InChI is InChI=1S/C20H22N4O3/c1-12-5-3-6-14-15(11-13(2)22-18(12)14)19(25)21-9-8-17-23-20(27-24-17)16-7-4-10-26-16/h3,5-6,11,16H,4,7-10H2,1-2H3,(H,21,25)/t16-/m0/s1. The van der Waals surface area contributed by atoms with Crippen molar-refractivity contribution in [1.82, 2.24) is 20.4 Å². The molecular formula is C20H22N4O3. The molecule has 3 aromatic rings. The normalized spacial score (nSPS) is 16.7. The van der Waals surface area contributed by atoms with Gasteiger partial charge in [0.15, 0.2) is 5.82 Å². The molecule has 0 spiro atoms. The van der Waals surface area contributed by atoms with Gasteiger partial charge in [0.2, 0.25) is 0 Å². The van der Waals surface area contributed by atoms with E-state index in [2.05, 4.69) is 20.4 Å². The van der Waals surface area contributed by atoms with Gasteiger partial charge in [0.25, 0.3) is 11.8 Å². The maximum atomic E-state index is 12.7. The zero-order valence-electron chi connectivity index (χ0n) is 15.5. The topological polar surface area (TPSA) is 90.1 Å². The number of nitrogens with one attached hydrogen (secondary N) is 1. The Hall–Kier alpha value is -2.80. The minimum Gasteiger partial charge on any atom is -0.368 e. The Balaban J connectivity index is 1.43. The summed E-state index contributed by atoms with van der Waals surface area (Å²) in [6.07, 6.45) is 2.34. The van der Waals surface area contributed by atoms with Crippen molar-refractivity contribution in [2.75, 3.05) is 13.2 Å². The molecule has 1 saturated heterocycles. The lowest BCUT2D eigenvalue weighted by atomic mass is 10.0. The van der Waals surface area contributed by atoms with E-state index >= 15 is 0 Å². The van der Waals surface area contributed by atoms with E-state index in [1.807, 2.05) is 38.1 Å². The van der Waals surface area contributed by atoms with E-state index in [9.17, 15) is 4.79 Å². The summed E-state index contributed by atoms with van der Waals surface area (Å²) in [4.78, 5) is 21.6. The summed E-state index contributed by atoms with van der Waals surface area (Å²) in [6, 6.07) is 7.69. The van der Waals surface area contributed by atoms with Gasteiger partial charge in [-0.2, -0.15) is 4.98 Å². The predicted molar refractivity (Wildman–Crippen MR) is 99.5 cm³/mol. The zero-order valence-corrected chi connectivity index (χ0v) is 15.5. The number of carbonyl (C=O) groups is 1. The molecule has 1 N–H and O–H groups in total. The molecule has 1 amide bonds. The van der Waals surface area contributed by atoms with Crippen LogP contribution in [0.25, 0.3) is 10.9 Å². The second kappa shape index (κ2) is 7.44. The van der Waals surface area contributed by atoms with Crippen LogP contribution in [0.15, 0.2) is 28.8 Å². The minimum absolute atomic E-state index is 0.0877. The van der Waals surface area contributed by atoms with Gasteiger partial charge in [-0.1, -0.05) is 23.4 Å². The SMILES string of the molecule is Cc1cc(C(=O)NCCc2noc([C@@H]3CCCO3)n2)c2cccc(C)c2n1. The van der Waals surface area contributed by atoms with E-state index < -0.39 is 0 Å². The van der Waals surface area contributed by atoms with Crippen LogP contribution in [0.5, 0.6) is 0 Å². The molecule has 7 heteroatoms. The van der Waals surface area contributed by atoms with Crippen LogP contribution >= 0.6 is 0 Å². The number of ether oxygens (including phenoxy) is 1. The van der Waals surface area contributed by atoms with E-state index in [4.69, 9.17) is 9.26 Å². The number of amides is 1. The molecule has 140 valence electrons. The summed E-state index contributed by atoms with van der Waals surface area (Å²) >= 11 is 0. The largest absolute Gasteiger partial charge is 0.368 e. The van der Waals surface area contributed by atoms with E-state index in [0.717, 1.165) is 41.6 Å². The fourth-order valence-corrected chi connectivity index (χ4v) is 3.36. The van der Waals surface area contributed by atoms with E-state index in [1.54, 1.807) is 0 Å². The van der Waals surface area contributed by atoms with Gasteiger partial charge in [0.1, 0.15) is 6.10 Å². The minimum atomic E-state index is -0.126. The number of benzene rings is 1. The summed E-state index contributed by atoms with van der Waals surface area (Å²) in [6.45, 7) is 5.06. The van der Waals surface area contributed by atoms with Gasteiger partial charge in [-0.05, 0) is 38.3 Å². The summed E-state index contributed by atoms with van der Waals surface area (Å²) in [5.41, 5.74) is 3.37. The van der Waals surface area contributed by atoms with Crippen LogP contribution in [-0.4, -0.2) is 34.2 Å².